The minimum Gasteiger partial charge on any atom is -0.347 e. The van der Waals surface area contributed by atoms with Crippen LogP contribution in [0.3, 0.4) is 0 Å². The van der Waals surface area contributed by atoms with Gasteiger partial charge in [0.1, 0.15) is 5.78 Å². The standard InChI is InChI=1S/C17H26O3/c1-10(2)11-7-13-15(3)9-17(19-5-6-20-17)16(13,4)8-12(11)14(15)18/h10-13H,5-9H2,1-4H3/t11-,12-,13+,15+,16+/m0/s1. The first kappa shape index (κ1) is 13.3. The molecule has 4 bridgehead atoms. The van der Waals surface area contributed by atoms with E-state index < -0.39 is 5.79 Å². The Kier molecular flexibility index (Phi) is 2.43. The summed E-state index contributed by atoms with van der Waals surface area (Å²) < 4.78 is 12.2. The Hall–Kier alpha value is -0.410. The SMILES string of the molecule is CC(C)[C@@H]1C[C@@H]2[C@@]3(C)CC4(OCCO4)[C@]2(C)C[C@@H]1C3=O. The monoisotopic (exact) mass is 278 g/mol. The first-order valence-corrected chi connectivity index (χ1v) is 8.16. The van der Waals surface area contributed by atoms with Crippen LogP contribution in [0.5, 0.6) is 0 Å². The molecule has 5 rings (SSSR count). The summed E-state index contributed by atoms with van der Waals surface area (Å²) in [6, 6.07) is 0. The fourth-order valence-electron chi connectivity index (χ4n) is 6.23. The number of Topliss-reactive ketones (excluding diaryl/α,β-unsaturated/α-hetero) is 1. The number of rotatable bonds is 1. The lowest BCUT2D eigenvalue weighted by Crippen LogP contribution is -2.58. The average molecular weight is 278 g/mol. The van der Waals surface area contributed by atoms with Crippen LogP contribution in [-0.4, -0.2) is 24.8 Å². The number of carbonyl (C=O) groups is 1. The molecule has 0 unspecified atom stereocenters. The Morgan fingerprint density at radius 1 is 1.20 bits per heavy atom. The lowest BCUT2D eigenvalue weighted by molar-refractivity contribution is -0.239. The van der Waals surface area contributed by atoms with Gasteiger partial charge in [0.25, 0.3) is 0 Å². The van der Waals surface area contributed by atoms with Crippen molar-refractivity contribution in [1.82, 2.24) is 0 Å². The van der Waals surface area contributed by atoms with E-state index in [0.29, 0.717) is 36.8 Å². The van der Waals surface area contributed by atoms with E-state index in [-0.39, 0.29) is 16.7 Å². The van der Waals surface area contributed by atoms with Gasteiger partial charge in [0, 0.05) is 23.2 Å². The summed E-state index contributed by atoms with van der Waals surface area (Å²) in [4.78, 5) is 13.1. The summed E-state index contributed by atoms with van der Waals surface area (Å²) >= 11 is 0. The Balaban J connectivity index is 1.81. The van der Waals surface area contributed by atoms with E-state index in [1.807, 2.05) is 0 Å². The van der Waals surface area contributed by atoms with Crippen molar-refractivity contribution >= 4 is 5.78 Å². The van der Waals surface area contributed by atoms with Crippen LogP contribution >= 0.6 is 0 Å². The first-order valence-electron chi connectivity index (χ1n) is 8.16. The highest BCUT2D eigenvalue weighted by molar-refractivity contribution is 5.90. The van der Waals surface area contributed by atoms with Gasteiger partial charge in [0.15, 0.2) is 5.79 Å². The Morgan fingerprint density at radius 2 is 1.85 bits per heavy atom. The average Bonchev–Trinajstić information content (AvgIpc) is 2.90. The number of ketones is 1. The van der Waals surface area contributed by atoms with Crippen molar-refractivity contribution in [2.75, 3.05) is 13.2 Å². The molecule has 4 aliphatic carbocycles. The van der Waals surface area contributed by atoms with E-state index in [4.69, 9.17) is 9.47 Å². The minimum absolute atomic E-state index is 0.0300. The summed E-state index contributed by atoms with van der Waals surface area (Å²) in [5, 5.41) is 0. The molecule has 1 saturated heterocycles. The lowest BCUT2D eigenvalue weighted by Gasteiger charge is -2.57. The molecule has 112 valence electrons. The van der Waals surface area contributed by atoms with Gasteiger partial charge < -0.3 is 9.47 Å². The van der Waals surface area contributed by atoms with Gasteiger partial charge in [-0.2, -0.15) is 0 Å². The van der Waals surface area contributed by atoms with Crippen molar-refractivity contribution in [2.45, 2.75) is 52.7 Å². The van der Waals surface area contributed by atoms with Crippen molar-refractivity contribution < 1.29 is 14.3 Å². The molecule has 1 heterocycles. The topological polar surface area (TPSA) is 35.5 Å². The summed E-state index contributed by atoms with van der Waals surface area (Å²) in [6.07, 6.45) is 2.92. The van der Waals surface area contributed by atoms with Crippen molar-refractivity contribution in [3.05, 3.63) is 0 Å². The third-order valence-corrected chi connectivity index (χ3v) is 7.19. The Bertz CT molecular complexity index is 465. The van der Waals surface area contributed by atoms with Crippen LogP contribution in [0.2, 0.25) is 0 Å². The third kappa shape index (κ3) is 1.24. The number of hydrogen-bond donors (Lipinski definition) is 0. The second-order valence-electron chi connectivity index (χ2n) is 8.33. The normalized spacial score (nSPS) is 52.5. The predicted octanol–water partition coefficient (Wildman–Crippen LogP) is 3.03. The van der Waals surface area contributed by atoms with E-state index in [1.165, 1.54) is 6.42 Å². The molecule has 5 atom stereocenters. The molecule has 3 nitrogen and oxygen atoms in total. The minimum atomic E-state index is -0.473. The third-order valence-electron chi connectivity index (χ3n) is 7.19. The Morgan fingerprint density at radius 3 is 2.45 bits per heavy atom. The molecule has 1 aliphatic heterocycles. The van der Waals surface area contributed by atoms with Crippen LogP contribution in [0, 0.1) is 34.5 Å². The van der Waals surface area contributed by atoms with E-state index in [1.54, 1.807) is 0 Å². The molecule has 1 spiro atoms. The van der Waals surface area contributed by atoms with E-state index in [0.717, 1.165) is 12.8 Å². The van der Waals surface area contributed by atoms with Gasteiger partial charge >= 0.3 is 0 Å². The molecule has 0 aromatic heterocycles. The number of ether oxygens (including phenoxy) is 2. The van der Waals surface area contributed by atoms with Gasteiger partial charge in [-0.3, -0.25) is 4.79 Å². The van der Waals surface area contributed by atoms with Crippen molar-refractivity contribution in [3.63, 3.8) is 0 Å². The molecule has 5 fully saturated rings. The molecule has 4 saturated carbocycles. The maximum Gasteiger partial charge on any atom is 0.175 e. The smallest absolute Gasteiger partial charge is 0.175 e. The zero-order valence-electron chi connectivity index (χ0n) is 13.1. The maximum absolute atomic E-state index is 13.1. The van der Waals surface area contributed by atoms with Crippen LogP contribution < -0.4 is 0 Å². The van der Waals surface area contributed by atoms with Crippen LogP contribution in [-0.2, 0) is 14.3 Å². The van der Waals surface area contributed by atoms with E-state index in [9.17, 15) is 4.79 Å². The van der Waals surface area contributed by atoms with Crippen LogP contribution in [0.15, 0.2) is 0 Å². The molecular weight excluding hydrogens is 252 g/mol. The molecule has 20 heavy (non-hydrogen) atoms. The molecule has 0 radical (unpaired) electrons. The lowest BCUT2D eigenvalue weighted by atomic mass is 9.46. The predicted molar refractivity (Wildman–Crippen MR) is 75.0 cm³/mol. The number of fused-ring (bicyclic) bond motifs is 1. The summed E-state index contributed by atoms with van der Waals surface area (Å²) in [5.41, 5.74) is -0.185. The van der Waals surface area contributed by atoms with Crippen LogP contribution in [0.25, 0.3) is 0 Å². The van der Waals surface area contributed by atoms with E-state index in [2.05, 4.69) is 27.7 Å². The van der Waals surface area contributed by atoms with Gasteiger partial charge in [-0.25, -0.2) is 0 Å². The first-order chi connectivity index (χ1) is 9.34. The highest BCUT2D eigenvalue weighted by Crippen LogP contribution is 2.74. The van der Waals surface area contributed by atoms with Crippen molar-refractivity contribution in [2.24, 2.45) is 34.5 Å². The van der Waals surface area contributed by atoms with Gasteiger partial charge in [-0.15, -0.1) is 0 Å². The largest absolute Gasteiger partial charge is 0.347 e. The fourth-order valence-corrected chi connectivity index (χ4v) is 6.23. The van der Waals surface area contributed by atoms with Crippen LogP contribution in [0.1, 0.15) is 47.0 Å². The quantitative estimate of drug-likeness (QED) is 0.739. The van der Waals surface area contributed by atoms with Crippen molar-refractivity contribution in [1.29, 1.82) is 0 Å². The number of carbonyl (C=O) groups excluding carboxylic acids is 1. The van der Waals surface area contributed by atoms with Gasteiger partial charge in [0.05, 0.1) is 13.2 Å². The van der Waals surface area contributed by atoms with Crippen molar-refractivity contribution in [3.8, 4) is 0 Å². The van der Waals surface area contributed by atoms with E-state index >= 15 is 0 Å². The zero-order valence-corrected chi connectivity index (χ0v) is 13.1. The fraction of sp³-hybridized carbons (Fsp3) is 0.941. The molecule has 0 amide bonds. The molecule has 0 aromatic rings. The number of hydrogen-bond acceptors (Lipinski definition) is 3. The molecular formula is C17H26O3. The van der Waals surface area contributed by atoms with Gasteiger partial charge in [-0.05, 0) is 30.6 Å². The molecule has 0 N–H and O–H groups in total. The van der Waals surface area contributed by atoms with Crippen LogP contribution in [0.4, 0.5) is 0 Å². The summed E-state index contributed by atoms with van der Waals surface area (Å²) in [5.74, 6) is 1.84. The highest BCUT2D eigenvalue weighted by atomic mass is 16.7. The van der Waals surface area contributed by atoms with Gasteiger partial charge in [0.2, 0.25) is 0 Å². The molecule has 5 aliphatic rings. The highest BCUT2D eigenvalue weighted by Gasteiger charge is 2.77. The second kappa shape index (κ2) is 3.67. The molecule has 0 aromatic carbocycles. The second-order valence-corrected chi connectivity index (χ2v) is 8.33. The zero-order chi connectivity index (χ0) is 14.3. The summed E-state index contributed by atoms with van der Waals surface area (Å²) in [7, 11) is 0. The maximum atomic E-state index is 13.1. The summed E-state index contributed by atoms with van der Waals surface area (Å²) in [6.45, 7) is 10.4. The Labute approximate surface area is 121 Å². The molecule has 3 heteroatoms. The van der Waals surface area contributed by atoms with Gasteiger partial charge in [-0.1, -0.05) is 27.7 Å².